The van der Waals surface area contributed by atoms with E-state index in [0.717, 1.165) is 25.1 Å². The summed E-state index contributed by atoms with van der Waals surface area (Å²) in [5.74, 6) is 0.0359. The van der Waals surface area contributed by atoms with Crippen LogP contribution in [0.1, 0.15) is 25.5 Å². The number of rotatable bonds is 4. The number of nitrogens with zero attached hydrogens (tertiary/aromatic N) is 2. The summed E-state index contributed by atoms with van der Waals surface area (Å²) >= 11 is 0. The van der Waals surface area contributed by atoms with Crippen LogP contribution in [-0.4, -0.2) is 40.8 Å². The number of primary amides is 1. The van der Waals surface area contributed by atoms with Gasteiger partial charge in [0.2, 0.25) is 11.8 Å². The SMILES string of the molecule is Cc1cccc(NC(=O)[C@@H]2CCCN([C@@H](C)C(N)=O)C2)n1. The second kappa shape index (κ2) is 6.67. The van der Waals surface area contributed by atoms with Crippen LogP contribution in [0.2, 0.25) is 0 Å². The van der Waals surface area contributed by atoms with Gasteiger partial charge in [0.05, 0.1) is 12.0 Å². The lowest BCUT2D eigenvalue weighted by Crippen LogP contribution is -2.49. The Hall–Kier alpha value is -1.95. The third-order valence-corrected chi connectivity index (χ3v) is 3.92. The maximum absolute atomic E-state index is 12.3. The summed E-state index contributed by atoms with van der Waals surface area (Å²) in [4.78, 5) is 29.8. The summed E-state index contributed by atoms with van der Waals surface area (Å²) in [7, 11) is 0. The van der Waals surface area contributed by atoms with Gasteiger partial charge >= 0.3 is 0 Å². The molecule has 0 unspecified atom stereocenters. The largest absolute Gasteiger partial charge is 0.368 e. The lowest BCUT2D eigenvalue weighted by Gasteiger charge is -2.34. The molecule has 6 nitrogen and oxygen atoms in total. The topological polar surface area (TPSA) is 88.3 Å². The van der Waals surface area contributed by atoms with Gasteiger partial charge in [0.25, 0.3) is 0 Å². The molecular formula is C15H22N4O2. The Balaban J connectivity index is 1.97. The van der Waals surface area contributed by atoms with E-state index in [-0.39, 0.29) is 23.8 Å². The van der Waals surface area contributed by atoms with Gasteiger partial charge in [-0.05, 0) is 45.4 Å². The van der Waals surface area contributed by atoms with E-state index in [4.69, 9.17) is 5.73 Å². The van der Waals surface area contributed by atoms with E-state index in [0.29, 0.717) is 12.4 Å². The van der Waals surface area contributed by atoms with E-state index in [1.807, 2.05) is 24.0 Å². The van der Waals surface area contributed by atoms with E-state index in [1.54, 1.807) is 13.0 Å². The molecule has 1 aromatic heterocycles. The first-order chi connectivity index (χ1) is 9.97. The number of amides is 2. The van der Waals surface area contributed by atoms with Gasteiger partial charge in [-0.25, -0.2) is 4.98 Å². The summed E-state index contributed by atoms with van der Waals surface area (Å²) in [5, 5.41) is 2.85. The minimum absolute atomic E-state index is 0.0468. The van der Waals surface area contributed by atoms with E-state index < -0.39 is 0 Å². The standard InChI is InChI=1S/C15H22N4O2/c1-10-5-3-7-13(17-10)18-15(21)12-6-4-8-19(9-12)11(2)14(16)20/h3,5,7,11-12H,4,6,8-9H2,1-2H3,(H2,16,20)(H,17,18,21)/t11-,12+/m0/s1. The van der Waals surface area contributed by atoms with Crippen molar-refractivity contribution in [1.82, 2.24) is 9.88 Å². The van der Waals surface area contributed by atoms with Gasteiger partial charge in [0.15, 0.2) is 0 Å². The fourth-order valence-electron chi connectivity index (χ4n) is 2.59. The molecule has 1 aromatic rings. The number of nitrogens with two attached hydrogens (primary N) is 1. The normalized spacial score (nSPS) is 20.8. The molecule has 0 spiro atoms. The number of likely N-dealkylation sites (tertiary alicyclic amines) is 1. The van der Waals surface area contributed by atoms with Crippen molar-refractivity contribution in [2.45, 2.75) is 32.7 Å². The second-order valence-electron chi connectivity index (χ2n) is 5.57. The molecule has 1 aliphatic rings. The highest BCUT2D eigenvalue weighted by atomic mass is 16.2. The zero-order chi connectivity index (χ0) is 15.4. The molecule has 0 radical (unpaired) electrons. The average molecular weight is 290 g/mol. The number of aromatic nitrogens is 1. The summed E-state index contributed by atoms with van der Waals surface area (Å²) in [6, 6.07) is 5.18. The van der Waals surface area contributed by atoms with Crippen molar-refractivity contribution in [2.75, 3.05) is 18.4 Å². The van der Waals surface area contributed by atoms with E-state index >= 15 is 0 Å². The Morgan fingerprint density at radius 3 is 2.90 bits per heavy atom. The molecule has 1 fully saturated rings. The number of carbonyl (C=O) groups excluding carboxylic acids is 2. The Morgan fingerprint density at radius 2 is 2.24 bits per heavy atom. The molecule has 6 heteroatoms. The second-order valence-corrected chi connectivity index (χ2v) is 5.57. The van der Waals surface area contributed by atoms with Gasteiger partial charge in [-0.1, -0.05) is 6.07 Å². The lowest BCUT2D eigenvalue weighted by molar-refractivity contribution is -0.127. The van der Waals surface area contributed by atoms with Crippen LogP contribution in [0, 0.1) is 12.8 Å². The predicted molar refractivity (Wildman–Crippen MR) is 80.6 cm³/mol. The molecule has 3 N–H and O–H groups in total. The lowest BCUT2D eigenvalue weighted by atomic mass is 9.96. The highest BCUT2D eigenvalue weighted by molar-refractivity contribution is 5.92. The van der Waals surface area contributed by atoms with Crippen molar-refractivity contribution in [2.24, 2.45) is 11.7 Å². The Morgan fingerprint density at radius 1 is 1.48 bits per heavy atom. The number of aryl methyl sites for hydroxylation is 1. The first-order valence-electron chi connectivity index (χ1n) is 7.25. The van der Waals surface area contributed by atoms with Crippen LogP contribution >= 0.6 is 0 Å². The van der Waals surface area contributed by atoms with Crippen molar-refractivity contribution in [1.29, 1.82) is 0 Å². The molecular weight excluding hydrogens is 268 g/mol. The zero-order valence-corrected chi connectivity index (χ0v) is 12.5. The van der Waals surface area contributed by atoms with Gasteiger partial charge in [0.1, 0.15) is 5.82 Å². The van der Waals surface area contributed by atoms with Crippen molar-refractivity contribution in [3.63, 3.8) is 0 Å². The third-order valence-electron chi connectivity index (χ3n) is 3.92. The van der Waals surface area contributed by atoms with Crippen LogP contribution in [0.5, 0.6) is 0 Å². The molecule has 0 aromatic carbocycles. The zero-order valence-electron chi connectivity index (χ0n) is 12.5. The molecule has 2 amide bonds. The highest BCUT2D eigenvalue weighted by Crippen LogP contribution is 2.20. The summed E-state index contributed by atoms with van der Waals surface area (Å²) < 4.78 is 0. The first-order valence-corrected chi connectivity index (χ1v) is 7.25. The number of hydrogen-bond donors (Lipinski definition) is 2. The minimum Gasteiger partial charge on any atom is -0.368 e. The fraction of sp³-hybridized carbons (Fsp3) is 0.533. The number of anilines is 1. The molecule has 1 aliphatic heterocycles. The van der Waals surface area contributed by atoms with E-state index in [2.05, 4.69) is 10.3 Å². The Labute approximate surface area is 124 Å². The van der Waals surface area contributed by atoms with Crippen molar-refractivity contribution >= 4 is 17.6 Å². The molecule has 114 valence electrons. The molecule has 21 heavy (non-hydrogen) atoms. The molecule has 0 saturated carbocycles. The molecule has 0 aliphatic carbocycles. The fourth-order valence-corrected chi connectivity index (χ4v) is 2.59. The molecule has 0 bridgehead atoms. The number of pyridine rings is 1. The minimum atomic E-state index is -0.351. The third kappa shape index (κ3) is 4.01. The number of nitrogens with one attached hydrogen (secondary N) is 1. The van der Waals surface area contributed by atoms with E-state index in [1.165, 1.54) is 0 Å². The van der Waals surface area contributed by atoms with Crippen LogP contribution in [0.4, 0.5) is 5.82 Å². The predicted octanol–water partition coefficient (Wildman–Crippen LogP) is 0.914. The number of carbonyl (C=O) groups is 2. The van der Waals surface area contributed by atoms with Crippen LogP contribution in [0.3, 0.4) is 0 Å². The van der Waals surface area contributed by atoms with Crippen molar-refractivity contribution < 1.29 is 9.59 Å². The number of piperidine rings is 1. The van der Waals surface area contributed by atoms with Gasteiger partial charge in [0, 0.05) is 12.2 Å². The van der Waals surface area contributed by atoms with Crippen LogP contribution in [0.25, 0.3) is 0 Å². The van der Waals surface area contributed by atoms with Crippen LogP contribution in [-0.2, 0) is 9.59 Å². The molecule has 2 heterocycles. The summed E-state index contributed by atoms with van der Waals surface area (Å²) in [6.45, 7) is 5.02. The van der Waals surface area contributed by atoms with Crippen LogP contribution in [0.15, 0.2) is 18.2 Å². The number of hydrogen-bond acceptors (Lipinski definition) is 4. The monoisotopic (exact) mass is 290 g/mol. The Bertz CT molecular complexity index is 532. The highest BCUT2D eigenvalue weighted by Gasteiger charge is 2.30. The first kappa shape index (κ1) is 15.4. The van der Waals surface area contributed by atoms with Crippen molar-refractivity contribution in [3.05, 3.63) is 23.9 Å². The van der Waals surface area contributed by atoms with Gasteiger partial charge in [-0.3, -0.25) is 14.5 Å². The van der Waals surface area contributed by atoms with Gasteiger partial charge in [-0.2, -0.15) is 0 Å². The quantitative estimate of drug-likeness (QED) is 0.863. The summed E-state index contributed by atoms with van der Waals surface area (Å²) in [6.07, 6.45) is 1.70. The molecule has 1 saturated heterocycles. The molecule has 2 rings (SSSR count). The van der Waals surface area contributed by atoms with Gasteiger partial charge in [-0.15, -0.1) is 0 Å². The van der Waals surface area contributed by atoms with Gasteiger partial charge < -0.3 is 11.1 Å². The maximum atomic E-state index is 12.3. The summed E-state index contributed by atoms with van der Waals surface area (Å²) in [5.41, 5.74) is 6.20. The van der Waals surface area contributed by atoms with Crippen molar-refractivity contribution in [3.8, 4) is 0 Å². The molecule has 2 atom stereocenters. The average Bonchev–Trinajstić information content (AvgIpc) is 2.46. The maximum Gasteiger partial charge on any atom is 0.234 e. The van der Waals surface area contributed by atoms with Crippen LogP contribution < -0.4 is 11.1 Å². The Kier molecular flexibility index (Phi) is 4.90. The van der Waals surface area contributed by atoms with E-state index in [9.17, 15) is 9.59 Å². The smallest absolute Gasteiger partial charge is 0.234 e.